The molecule has 1 fully saturated rings. The van der Waals surface area contributed by atoms with Gasteiger partial charge in [0.1, 0.15) is 9.84 Å². The van der Waals surface area contributed by atoms with Crippen LogP contribution in [0.25, 0.3) is 0 Å². The van der Waals surface area contributed by atoms with Crippen molar-refractivity contribution in [2.45, 2.75) is 45.1 Å². The average Bonchev–Trinajstić information content (AvgIpc) is 2.36. The van der Waals surface area contributed by atoms with Crippen LogP contribution in [-0.4, -0.2) is 58.6 Å². The minimum atomic E-state index is -2.86. The zero-order chi connectivity index (χ0) is 15.2. The molecule has 1 saturated carbocycles. The minimum Gasteiger partial charge on any atom is -0.317 e. The molecule has 0 aromatic rings. The molecule has 0 bridgehead atoms. The molecule has 0 aromatic carbocycles. The number of hydrogen-bond donors (Lipinski definition) is 1. The maximum absolute atomic E-state index is 11.2. The van der Waals surface area contributed by atoms with Crippen molar-refractivity contribution in [3.05, 3.63) is 0 Å². The van der Waals surface area contributed by atoms with Crippen LogP contribution in [0.2, 0.25) is 0 Å². The van der Waals surface area contributed by atoms with Gasteiger partial charge in [-0.05, 0) is 45.2 Å². The molecule has 0 amide bonds. The normalized spacial score (nSPS) is 27.9. The van der Waals surface area contributed by atoms with Crippen LogP contribution in [0.4, 0.5) is 0 Å². The Hall–Kier alpha value is -0.130. The maximum atomic E-state index is 11.2. The second-order valence-corrected chi connectivity index (χ2v) is 8.77. The van der Waals surface area contributed by atoms with E-state index in [4.69, 9.17) is 0 Å². The molecule has 1 aliphatic carbocycles. The fourth-order valence-electron chi connectivity index (χ4n) is 3.43. The fraction of sp³-hybridized carbons (Fsp3) is 1.00. The van der Waals surface area contributed by atoms with Crippen molar-refractivity contribution in [1.82, 2.24) is 10.2 Å². The molecule has 4 nitrogen and oxygen atoms in total. The molecule has 0 spiro atoms. The average molecular weight is 305 g/mol. The summed E-state index contributed by atoms with van der Waals surface area (Å²) in [5, 5.41) is 3.45. The quantitative estimate of drug-likeness (QED) is 0.742. The first-order chi connectivity index (χ1) is 9.35. The summed E-state index contributed by atoms with van der Waals surface area (Å²) in [6.45, 7) is 3.91. The van der Waals surface area contributed by atoms with Crippen molar-refractivity contribution >= 4 is 9.84 Å². The zero-order valence-electron chi connectivity index (χ0n) is 13.6. The van der Waals surface area contributed by atoms with E-state index < -0.39 is 9.84 Å². The monoisotopic (exact) mass is 304 g/mol. The SMILES string of the molecule is CCCC1CCC(NC)C(CN(C)CCS(C)(=O)=O)C1. The van der Waals surface area contributed by atoms with Gasteiger partial charge in [0.15, 0.2) is 0 Å². The van der Waals surface area contributed by atoms with Crippen LogP contribution in [-0.2, 0) is 9.84 Å². The lowest BCUT2D eigenvalue weighted by Crippen LogP contribution is -2.44. The van der Waals surface area contributed by atoms with E-state index >= 15 is 0 Å². The first-order valence-corrected chi connectivity index (χ1v) is 9.95. The number of rotatable bonds is 8. The van der Waals surface area contributed by atoms with Gasteiger partial charge in [-0.15, -0.1) is 0 Å². The number of nitrogens with zero attached hydrogens (tertiary/aromatic N) is 1. The Labute approximate surface area is 125 Å². The summed E-state index contributed by atoms with van der Waals surface area (Å²) in [4.78, 5) is 2.18. The van der Waals surface area contributed by atoms with Gasteiger partial charge < -0.3 is 10.2 Å². The predicted octanol–water partition coefficient (Wildman–Crippen LogP) is 1.77. The highest BCUT2D eigenvalue weighted by molar-refractivity contribution is 7.90. The van der Waals surface area contributed by atoms with E-state index in [2.05, 4.69) is 17.1 Å². The number of hydrogen-bond acceptors (Lipinski definition) is 4. The van der Waals surface area contributed by atoms with E-state index in [1.807, 2.05) is 14.1 Å². The lowest BCUT2D eigenvalue weighted by atomic mass is 9.76. The van der Waals surface area contributed by atoms with Crippen molar-refractivity contribution in [2.24, 2.45) is 11.8 Å². The third-order valence-electron chi connectivity index (χ3n) is 4.55. The highest BCUT2D eigenvalue weighted by atomic mass is 32.2. The zero-order valence-corrected chi connectivity index (χ0v) is 14.4. The van der Waals surface area contributed by atoms with Crippen LogP contribution in [0.5, 0.6) is 0 Å². The Morgan fingerprint density at radius 1 is 1.30 bits per heavy atom. The molecule has 0 aliphatic heterocycles. The molecule has 3 atom stereocenters. The van der Waals surface area contributed by atoms with Gasteiger partial charge in [-0.1, -0.05) is 19.8 Å². The molecule has 5 heteroatoms. The Morgan fingerprint density at radius 3 is 2.55 bits per heavy atom. The summed E-state index contributed by atoms with van der Waals surface area (Å²) in [6, 6.07) is 0.587. The lowest BCUT2D eigenvalue weighted by Gasteiger charge is -2.38. The Balaban J connectivity index is 2.47. The molecule has 1 aliphatic rings. The molecule has 0 saturated heterocycles. The second-order valence-electron chi connectivity index (χ2n) is 6.52. The van der Waals surface area contributed by atoms with E-state index in [0.717, 1.165) is 12.5 Å². The van der Waals surface area contributed by atoms with Crippen LogP contribution < -0.4 is 5.32 Å². The summed E-state index contributed by atoms with van der Waals surface area (Å²) in [5.74, 6) is 1.77. The standard InChI is InChI=1S/C15H32N2O2S/c1-5-6-13-7-8-15(16-2)14(11-13)12-17(3)9-10-20(4,18)19/h13-16H,5-12H2,1-4H3. The summed E-state index contributed by atoms with van der Waals surface area (Å²) < 4.78 is 22.5. The van der Waals surface area contributed by atoms with E-state index in [0.29, 0.717) is 18.5 Å². The Kier molecular flexibility index (Phi) is 7.48. The van der Waals surface area contributed by atoms with Crippen molar-refractivity contribution in [3.63, 3.8) is 0 Å². The smallest absolute Gasteiger partial charge is 0.148 e. The number of nitrogens with one attached hydrogen (secondary N) is 1. The third kappa shape index (κ3) is 6.55. The Bertz CT molecular complexity index is 370. The van der Waals surface area contributed by atoms with Crippen LogP contribution in [0.1, 0.15) is 39.0 Å². The van der Waals surface area contributed by atoms with Gasteiger partial charge in [0, 0.05) is 25.4 Å². The largest absolute Gasteiger partial charge is 0.317 e. The van der Waals surface area contributed by atoms with E-state index in [1.165, 1.54) is 38.4 Å². The van der Waals surface area contributed by atoms with E-state index in [9.17, 15) is 8.42 Å². The summed E-state index contributed by atoms with van der Waals surface area (Å²) in [5.41, 5.74) is 0. The highest BCUT2D eigenvalue weighted by Crippen LogP contribution is 2.32. The molecule has 1 rings (SSSR count). The van der Waals surface area contributed by atoms with Crippen LogP contribution in [0.15, 0.2) is 0 Å². The van der Waals surface area contributed by atoms with Crippen LogP contribution in [0.3, 0.4) is 0 Å². The molecular formula is C15H32N2O2S. The van der Waals surface area contributed by atoms with Crippen LogP contribution in [0, 0.1) is 11.8 Å². The molecule has 20 heavy (non-hydrogen) atoms. The van der Waals surface area contributed by atoms with E-state index in [-0.39, 0.29) is 5.75 Å². The fourth-order valence-corrected chi connectivity index (χ4v) is 4.07. The van der Waals surface area contributed by atoms with Gasteiger partial charge in [0.05, 0.1) is 5.75 Å². The number of sulfone groups is 1. The lowest BCUT2D eigenvalue weighted by molar-refractivity contribution is 0.157. The Morgan fingerprint density at radius 2 is 2.00 bits per heavy atom. The van der Waals surface area contributed by atoms with Gasteiger partial charge in [-0.2, -0.15) is 0 Å². The molecule has 0 radical (unpaired) electrons. The third-order valence-corrected chi connectivity index (χ3v) is 5.47. The minimum absolute atomic E-state index is 0.263. The van der Waals surface area contributed by atoms with Crippen molar-refractivity contribution in [2.75, 3.05) is 39.2 Å². The summed E-state index contributed by atoms with van der Waals surface area (Å²) in [7, 11) is 1.24. The molecular weight excluding hydrogens is 272 g/mol. The highest BCUT2D eigenvalue weighted by Gasteiger charge is 2.29. The maximum Gasteiger partial charge on any atom is 0.148 e. The summed E-state index contributed by atoms with van der Waals surface area (Å²) in [6.07, 6.45) is 7.79. The van der Waals surface area contributed by atoms with Crippen molar-refractivity contribution < 1.29 is 8.42 Å². The van der Waals surface area contributed by atoms with Crippen molar-refractivity contribution in [3.8, 4) is 0 Å². The van der Waals surface area contributed by atoms with Gasteiger partial charge in [-0.3, -0.25) is 0 Å². The van der Waals surface area contributed by atoms with Crippen molar-refractivity contribution in [1.29, 1.82) is 0 Å². The first-order valence-electron chi connectivity index (χ1n) is 7.89. The predicted molar refractivity (Wildman–Crippen MR) is 85.8 cm³/mol. The van der Waals surface area contributed by atoms with Gasteiger partial charge in [0.25, 0.3) is 0 Å². The molecule has 0 aromatic heterocycles. The van der Waals surface area contributed by atoms with Gasteiger partial charge in [-0.25, -0.2) is 8.42 Å². The first kappa shape index (κ1) is 17.9. The van der Waals surface area contributed by atoms with E-state index in [1.54, 1.807) is 0 Å². The topological polar surface area (TPSA) is 49.4 Å². The second kappa shape index (κ2) is 8.35. The summed E-state index contributed by atoms with van der Waals surface area (Å²) >= 11 is 0. The molecule has 0 heterocycles. The molecule has 1 N–H and O–H groups in total. The molecule has 3 unspecified atom stereocenters. The van der Waals surface area contributed by atoms with Crippen LogP contribution >= 0.6 is 0 Å². The van der Waals surface area contributed by atoms with Gasteiger partial charge in [0.2, 0.25) is 0 Å². The molecule has 120 valence electrons. The van der Waals surface area contributed by atoms with Gasteiger partial charge >= 0.3 is 0 Å².